The minimum Gasteiger partial charge on any atom is -0.496 e. The SMILES string of the molecule is CNCC(OC(C)COC)c1ccccc1OC. The number of hydrogen-bond donors (Lipinski definition) is 1. The minimum absolute atomic E-state index is 0.0401. The number of likely N-dealkylation sites (N-methyl/N-ethyl adjacent to an activating group) is 1. The number of hydrogen-bond acceptors (Lipinski definition) is 4. The van der Waals surface area contributed by atoms with Crippen molar-refractivity contribution in [1.29, 1.82) is 0 Å². The first-order valence-corrected chi connectivity index (χ1v) is 6.14. The van der Waals surface area contributed by atoms with E-state index in [0.717, 1.165) is 17.9 Å². The second-order valence-corrected chi connectivity index (χ2v) is 4.19. The summed E-state index contributed by atoms with van der Waals surface area (Å²) >= 11 is 0. The maximum Gasteiger partial charge on any atom is 0.124 e. The Kier molecular flexibility index (Phi) is 6.72. The Hall–Kier alpha value is -1.10. The van der Waals surface area contributed by atoms with Gasteiger partial charge in [-0.25, -0.2) is 0 Å². The third-order valence-corrected chi connectivity index (χ3v) is 2.67. The summed E-state index contributed by atoms with van der Waals surface area (Å²) in [7, 11) is 5.26. The highest BCUT2D eigenvalue weighted by Crippen LogP contribution is 2.27. The molecule has 0 heterocycles. The van der Waals surface area contributed by atoms with Crippen LogP contribution >= 0.6 is 0 Å². The van der Waals surface area contributed by atoms with Crippen LogP contribution in [0.15, 0.2) is 24.3 Å². The maximum absolute atomic E-state index is 5.99. The lowest BCUT2D eigenvalue weighted by Gasteiger charge is -2.23. The number of nitrogens with one attached hydrogen (secondary N) is 1. The highest BCUT2D eigenvalue weighted by atomic mass is 16.5. The van der Waals surface area contributed by atoms with Gasteiger partial charge in [0.05, 0.1) is 25.9 Å². The predicted molar refractivity (Wildman–Crippen MR) is 72.1 cm³/mol. The fourth-order valence-electron chi connectivity index (χ4n) is 1.90. The zero-order valence-corrected chi connectivity index (χ0v) is 11.6. The van der Waals surface area contributed by atoms with E-state index in [4.69, 9.17) is 14.2 Å². The Labute approximate surface area is 109 Å². The summed E-state index contributed by atoms with van der Waals surface area (Å²) in [5, 5.41) is 3.14. The molecule has 0 aliphatic heterocycles. The van der Waals surface area contributed by atoms with Crippen molar-refractivity contribution in [2.45, 2.75) is 19.1 Å². The lowest BCUT2D eigenvalue weighted by atomic mass is 10.1. The van der Waals surface area contributed by atoms with Crippen LogP contribution < -0.4 is 10.1 Å². The van der Waals surface area contributed by atoms with Gasteiger partial charge >= 0.3 is 0 Å². The summed E-state index contributed by atoms with van der Waals surface area (Å²) in [6.45, 7) is 3.31. The smallest absolute Gasteiger partial charge is 0.124 e. The molecule has 0 saturated heterocycles. The van der Waals surface area contributed by atoms with Crippen molar-refractivity contribution in [2.75, 3.05) is 34.4 Å². The molecule has 2 unspecified atom stereocenters. The molecule has 18 heavy (non-hydrogen) atoms. The van der Waals surface area contributed by atoms with Crippen LogP contribution in [0.1, 0.15) is 18.6 Å². The Bertz CT molecular complexity index is 344. The second-order valence-electron chi connectivity index (χ2n) is 4.19. The van der Waals surface area contributed by atoms with E-state index in [1.807, 2.05) is 38.2 Å². The summed E-state index contributed by atoms with van der Waals surface area (Å²) in [6.07, 6.45) is -0.00503. The summed E-state index contributed by atoms with van der Waals surface area (Å²) in [6, 6.07) is 7.92. The van der Waals surface area contributed by atoms with E-state index in [1.54, 1.807) is 14.2 Å². The topological polar surface area (TPSA) is 39.7 Å². The Balaban J connectivity index is 2.82. The van der Waals surface area contributed by atoms with Crippen LogP contribution in [0, 0.1) is 0 Å². The molecule has 0 aliphatic rings. The fourth-order valence-corrected chi connectivity index (χ4v) is 1.90. The number of rotatable bonds is 8. The third-order valence-electron chi connectivity index (χ3n) is 2.67. The van der Waals surface area contributed by atoms with Crippen LogP contribution in [0.3, 0.4) is 0 Å². The molecule has 0 aliphatic carbocycles. The number of ether oxygens (including phenoxy) is 3. The van der Waals surface area contributed by atoms with Crippen molar-refractivity contribution in [3.63, 3.8) is 0 Å². The van der Waals surface area contributed by atoms with Crippen molar-refractivity contribution in [3.05, 3.63) is 29.8 Å². The summed E-state index contributed by atoms with van der Waals surface area (Å²) in [5.74, 6) is 0.849. The van der Waals surface area contributed by atoms with E-state index in [9.17, 15) is 0 Å². The molecule has 0 spiro atoms. The molecule has 1 aromatic carbocycles. The van der Waals surface area contributed by atoms with Crippen LogP contribution in [-0.4, -0.2) is 40.5 Å². The fraction of sp³-hybridized carbons (Fsp3) is 0.571. The molecule has 0 amide bonds. The third kappa shape index (κ3) is 4.29. The molecule has 0 radical (unpaired) electrons. The lowest BCUT2D eigenvalue weighted by Crippen LogP contribution is -2.26. The Morgan fingerprint density at radius 3 is 2.56 bits per heavy atom. The molecule has 4 heteroatoms. The van der Waals surface area contributed by atoms with E-state index >= 15 is 0 Å². The molecule has 1 aromatic rings. The van der Waals surface area contributed by atoms with Gasteiger partial charge in [-0.15, -0.1) is 0 Å². The van der Waals surface area contributed by atoms with Crippen molar-refractivity contribution in [3.8, 4) is 5.75 Å². The molecular formula is C14H23NO3. The Morgan fingerprint density at radius 2 is 1.94 bits per heavy atom. The zero-order chi connectivity index (χ0) is 13.4. The van der Waals surface area contributed by atoms with E-state index in [-0.39, 0.29) is 12.2 Å². The molecular weight excluding hydrogens is 230 g/mol. The van der Waals surface area contributed by atoms with Crippen LogP contribution in [0.25, 0.3) is 0 Å². The van der Waals surface area contributed by atoms with Gasteiger partial charge in [0.25, 0.3) is 0 Å². The van der Waals surface area contributed by atoms with Crippen LogP contribution in [0.5, 0.6) is 5.75 Å². The van der Waals surface area contributed by atoms with Crippen LogP contribution in [-0.2, 0) is 9.47 Å². The van der Waals surface area contributed by atoms with Crippen LogP contribution in [0.4, 0.5) is 0 Å². The molecule has 4 nitrogen and oxygen atoms in total. The summed E-state index contributed by atoms with van der Waals surface area (Å²) < 4.78 is 16.5. The van der Waals surface area contributed by atoms with E-state index in [0.29, 0.717) is 6.61 Å². The van der Waals surface area contributed by atoms with Crippen LogP contribution in [0.2, 0.25) is 0 Å². The van der Waals surface area contributed by atoms with Gasteiger partial charge in [-0.1, -0.05) is 18.2 Å². The van der Waals surface area contributed by atoms with E-state index < -0.39 is 0 Å². The van der Waals surface area contributed by atoms with Gasteiger partial charge in [0.2, 0.25) is 0 Å². The second kappa shape index (κ2) is 8.08. The Morgan fingerprint density at radius 1 is 1.22 bits per heavy atom. The van der Waals surface area contributed by atoms with Crippen molar-refractivity contribution < 1.29 is 14.2 Å². The molecule has 0 saturated carbocycles. The van der Waals surface area contributed by atoms with Gasteiger partial charge in [-0.05, 0) is 20.0 Å². The van der Waals surface area contributed by atoms with E-state index in [2.05, 4.69) is 5.32 Å². The van der Waals surface area contributed by atoms with Gasteiger partial charge in [-0.3, -0.25) is 0 Å². The van der Waals surface area contributed by atoms with Gasteiger partial charge in [-0.2, -0.15) is 0 Å². The van der Waals surface area contributed by atoms with Gasteiger partial charge < -0.3 is 19.5 Å². The van der Waals surface area contributed by atoms with Gasteiger partial charge in [0, 0.05) is 19.2 Å². The lowest BCUT2D eigenvalue weighted by molar-refractivity contribution is -0.0394. The van der Waals surface area contributed by atoms with E-state index in [1.165, 1.54) is 0 Å². The van der Waals surface area contributed by atoms with Crippen molar-refractivity contribution in [1.82, 2.24) is 5.32 Å². The first kappa shape index (κ1) is 15.0. The largest absolute Gasteiger partial charge is 0.496 e. The molecule has 102 valence electrons. The van der Waals surface area contributed by atoms with Crippen molar-refractivity contribution in [2.24, 2.45) is 0 Å². The normalized spacial score (nSPS) is 14.2. The molecule has 1 rings (SSSR count). The monoisotopic (exact) mass is 253 g/mol. The highest BCUT2D eigenvalue weighted by molar-refractivity contribution is 5.35. The van der Waals surface area contributed by atoms with Gasteiger partial charge in [0.1, 0.15) is 5.75 Å². The minimum atomic E-state index is -0.0451. The maximum atomic E-state index is 5.99. The number of methoxy groups -OCH3 is 2. The summed E-state index contributed by atoms with van der Waals surface area (Å²) in [5.41, 5.74) is 1.05. The van der Waals surface area contributed by atoms with Crippen molar-refractivity contribution >= 4 is 0 Å². The highest BCUT2D eigenvalue weighted by Gasteiger charge is 2.18. The summed E-state index contributed by atoms with van der Waals surface area (Å²) in [4.78, 5) is 0. The first-order valence-electron chi connectivity index (χ1n) is 6.14. The standard InChI is InChI=1S/C14H23NO3/c1-11(10-16-3)18-14(9-15-2)12-7-5-6-8-13(12)17-4/h5-8,11,14-15H,9-10H2,1-4H3. The predicted octanol–water partition coefficient (Wildman–Crippen LogP) is 2.01. The molecule has 0 aromatic heterocycles. The quantitative estimate of drug-likeness (QED) is 0.769. The molecule has 2 atom stereocenters. The number of benzene rings is 1. The molecule has 0 fully saturated rings. The molecule has 1 N–H and O–H groups in total. The first-order chi connectivity index (χ1) is 8.72. The zero-order valence-electron chi connectivity index (χ0n) is 11.6. The van der Waals surface area contributed by atoms with Gasteiger partial charge in [0.15, 0.2) is 0 Å². The molecule has 0 bridgehead atoms. The number of para-hydroxylation sites is 1. The average Bonchev–Trinajstić information content (AvgIpc) is 2.38. The average molecular weight is 253 g/mol.